The van der Waals surface area contributed by atoms with Crippen molar-refractivity contribution in [2.75, 3.05) is 0 Å². The minimum absolute atomic E-state index is 0.930. The van der Waals surface area contributed by atoms with Gasteiger partial charge in [-0.1, -0.05) is 60.7 Å². The van der Waals surface area contributed by atoms with E-state index in [1.807, 2.05) is 48.8 Å². The number of pyridine rings is 2. The molecule has 0 radical (unpaired) electrons. The summed E-state index contributed by atoms with van der Waals surface area (Å²) in [6.07, 6.45) is 3.66. The lowest BCUT2D eigenvalue weighted by atomic mass is 10.1. The van der Waals surface area contributed by atoms with Crippen LogP contribution in [0.5, 0.6) is 0 Å². The fraction of sp³-hybridized carbons (Fsp3) is 0.0278. The molecule has 8 rings (SSSR count). The average molecular weight is 528 g/mol. The highest BCUT2D eigenvalue weighted by atomic mass is 15.1. The minimum atomic E-state index is 0.930. The standard InChI is InChI=1S/C36H25N5/c1-40-34-18-16-25(31-13-5-7-20-38-31)22-32(34)39-36(40)26-15-17-29-28-11-2-3-14-33(28)41(35(29)23-26)27-10-8-9-24(21-27)30-12-4-6-19-37-30/h2-23H,1H3. The molecule has 4 heterocycles. The van der Waals surface area contributed by atoms with Crippen LogP contribution < -0.4 is 0 Å². The van der Waals surface area contributed by atoms with Crippen LogP contribution >= 0.6 is 0 Å². The topological polar surface area (TPSA) is 48.5 Å². The van der Waals surface area contributed by atoms with Crippen LogP contribution in [0.3, 0.4) is 0 Å². The first-order valence-corrected chi connectivity index (χ1v) is 13.7. The Kier molecular flexibility index (Phi) is 5.28. The van der Waals surface area contributed by atoms with Gasteiger partial charge in [0.2, 0.25) is 0 Å². The van der Waals surface area contributed by atoms with Crippen molar-refractivity contribution in [2.45, 2.75) is 0 Å². The maximum absolute atomic E-state index is 5.10. The molecule has 0 saturated carbocycles. The van der Waals surface area contributed by atoms with Gasteiger partial charge in [0.05, 0.1) is 33.5 Å². The van der Waals surface area contributed by atoms with Gasteiger partial charge in [-0.3, -0.25) is 9.97 Å². The van der Waals surface area contributed by atoms with E-state index in [-0.39, 0.29) is 0 Å². The van der Waals surface area contributed by atoms with Crippen molar-refractivity contribution in [1.82, 2.24) is 24.1 Å². The van der Waals surface area contributed by atoms with E-state index in [0.29, 0.717) is 0 Å². The van der Waals surface area contributed by atoms with Gasteiger partial charge >= 0.3 is 0 Å². The third kappa shape index (κ3) is 3.82. The van der Waals surface area contributed by atoms with Crippen molar-refractivity contribution in [2.24, 2.45) is 7.05 Å². The van der Waals surface area contributed by atoms with Gasteiger partial charge in [-0.05, 0) is 60.7 Å². The summed E-state index contributed by atoms with van der Waals surface area (Å²) in [4.78, 5) is 14.2. The Morgan fingerprint density at radius 3 is 2.00 bits per heavy atom. The lowest BCUT2D eigenvalue weighted by molar-refractivity contribution is 0.959. The second-order valence-corrected chi connectivity index (χ2v) is 10.3. The zero-order valence-electron chi connectivity index (χ0n) is 22.4. The molecule has 0 fully saturated rings. The van der Waals surface area contributed by atoms with Gasteiger partial charge in [-0.15, -0.1) is 0 Å². The van der Waals surface area contributed by atoms with Crippen LogP contribution in [0.4, 0.5) is 0 Å². The van der Waals surface area contributed by atoms with Gasteiger partial charge in [0.15, 0.2) is 0 Å². The molecule has 41 heavy (non-hydrogen) atoms. The van der Waals surface area contributed by atoms with E-state index in [1.54, 1.807) is 0 Å². The normalized spacial score (nSPS) is 11.5. The Morgan fingerprint density at radius 1 is 0.512 bits per heavy atom. The summed E-state index contributed by atoms with van der Waals surface area (Å²) >= 11 is 0. The number of para-hydroxylation sites is 1. The highest BCUT2D eigenvalue weighted by Gasteiger charge is 2.17. The highest BCUT2D eigenvalue weighted by Crippen LogP contribution is 2.36. The van der Waals surface area contributed by atoms with Crippen molar-refractivity contribution in [1.29, 1.82) is 0 Å². The Bertz CT molecular complexity index is 2210. The number of hydrogen-bond acceptors (Lipinski definition) is 3. The van der Waals surface area contributed by atoms with Crippen LogP contribution in [0, 0.1) is 0 Å². The van der Waals surface area contributed by atoms with Crippen molar-refractivity contribution in [3.63, 3.8) is 0 Å². The van der Waals surface area contributed by atoms with E-state index < -0.39 is 0 Å². The monoisotopic (exact) mass is 527 g/mol. The van der Waals surface area contributed by atoms with Gasteiger partial charge < -0.3 is 9.13 Å². The molecule has 194 valence electrons. The predicted octanol–water partition coefficient (Wildman–Crippen LogP) is 8.46. The zero-order valence-corrected chi connectivity index (χ0v) is 22.4. The van der Waals surface area contributed by atoms with E-state index in [4.69, 9.17) is 4.98 Å². The summed E-state index contributed by atoms with van der Waals surface area (Å²) in [5.74, 6) is 0.930. The van der Waals surface area contributed by atoms with Gasteiger partial charge in [0, 0.05) is 52.6 Å². The number of hydrogen-bond donors (Lipinski definition) is 0. The van der Waals surface area contributed by atoms with Crippen molar-refractivity contribution in [3.05, 3.63) is 134 Å². The summed E-state index contributed by atoms with van der Waals surface area (Å²) in [5, 5.41) is 2.44. The number of aryl methyl sites for hydroxylation is 1. The van der Waals surface area contributed by atoms with Crippen molar-refractivity contribution >= 4 is 32.8 Å². The van der Waals surface area contributed by atoms with E-state index >= 15 is 0 Å². The first-order valence-electron chi connectivity index (χ1n) is 13.7. The van der Waals surface area contributed by atoms with Gasteiger partial charge in [0.25, 0.3) is 0 Å². The van der Waals surface area contributed by atoms with Crippen LogP contribution in [-0.2, 0) is 7.05 Å². The number of rotatable bonds is 4. The van der Waals surface area contributed by atoms with Gasteiger partial charge in [0.1, 0.15) is 5.82 Å². The summed E-state index contributed by atoms with van der Waals surface area (Å²) in [6, 6.07) is 42.3. The highest BCUT2D eigenvalue weighted by molar-refractivity contribution is 6.10. The van der Waals surface area contributed by atoms with Crippen LogP contribution in [0.1, 0.15) is 0 Å². The Labute approximate surface area is 237 Å². The molecule has 5 nitrogen and oxygen atoms in total. The van der Waals surface area contributed by atoms with Crippen LogP contribution in [-0.4, -0.2) is 24.1 Å². The van der Waals surface area contributed by atoms with Gasteiger partial charge in [-0.25, -0.2) is 4.98 Å². The molecule has 0 aliphatic heterocycles. The summed E-state index contributed by atoms with van der Waals surface area (Å²) in [5.41, 5.74) is 10.6. The molecule has 0 amide bonds. The molecular formula is C36H25N5. The number of imidazole rings is 1. The quantitative estimate of drug-likeness (QED) is 0.231. The minimum Gasteiger partial charge on any atom is -0.327 e. The molecule has 0 atom stereocenters. The third-order valence-electron chi connectivity index (χ3n) is 7.84. The fourth-order valence-electron chi connectivity index (χ4n) is 5.88. The molecule has 0 saturated heterocycles. The zero-order chi connectivity index (χ0) is 27.3. The molecule has 4 aromatic heterocycles. The molecule has 0 unspecified atom stereocenters. The second kappa shape index (κ2) is 9.28. The first kappa shape index (κ1) is 23.3. The molecule has 0 aliphatic rings. The summed E-state index contributed by atoms with van der Waals surface area (Å²) < 4.78 is 4.52. The lowest BCUT2D eigenvalue weighted by Crippen LogP contribution is -1.96. The molecule has 0 aliphatic carbocycles. The average Bonchev–Trinajstić information content (AvgIpc) is 3.55. The predicted molar refractivity (Wildman–Crippen MR) is 167 cm³/mol. The summed E-state index contributed by atoms with van der Waals surface area (Å²) in [6.45, 7) is 0. The maximum atomic E-state index is 5.10. The molecule has 8 aromatic rings. The van der Waals surface area contributed by atoms with E-state index in [0.717, 1.165) is 56.1 Å². The summed E-state index contributed by atoms with van der Waals surface area (Å²) in [7, 11) is 2.08. The fourth-order valence-corrected chi connectivity index (χ4v) is 5.88. The number of nitrogens with zero attached hydrogens (tertiary/aromatic N) is 5. The lowest BCUT2D eigenvalue weighted by Gasteiger charge is -2.11. The molecule has 0 N–H and O–H groups in total. The molecule has 0 bridgehead atoms. The second-order valence-electron chi connectivity index (χ2n) is 10.3. The van der Waals surface area contributed by atoms with Crippen LogP contribution in [0.25, 0.3) is 72.4 Å². The Morgan fingerprint density at radius 2 is 1.22 bits per heavy atom. The molecule has 0 spiro atoms. The van der Waals surface area contributed by atoms with Crippen LogP contribution in [0.15, 0.2) is 134 Å². The van der Waals surface area contributed by atoms with Crippen molar-refractivity contribution < 1.29 is 0 Å². The maximum Gasteiger partial charge on any atom is 0.140 e. The molecule has 4 aromatic carbocycles. The molecule has 5 heteroatoms. The number of benzene rings is 4. The largest absolute Gasteiger partial charge is 0.327 e. The Balaban J connectivity index is 1.32. The first-order chi connectivity index (χ1) is 20.2. The Hall–Kier alpha value is -5.55. The van der Waals surface area contributed by atoms with Gasteiger partial charge in [-0.2, -0.15) is 0 Å². The van der Waals surface area contributed by atoms with E-state index in [9.17, 15) is 0 Å². The third-order valence-corrected chi connectivity index (χ3v) is 7.84. The SMILES string of the molecule is Cn1c(-c2ccc3c4ccccc4n(-c4cccc(-c5ccccn5)c4)c3c2)nc2cc(-c3ccccn3)ccc21. The number of aromatic nitrogens is 5. The van der Waals surface area contributed by atoms with E-state index in [2.05, 4.69) is 111 Å². The van der Waals surface area contributed by atoms with Crippen LogP contribution in [0.2, 0.25) is 0 Å². The van der Waals surface area contributed by atoms with E-state index in [1.165, 1.54) is 16.3 Å². The smallest absolute Gasteiger partial charge is 0.140 e. The van der Waals surface area contributed by atoms with Crippen molar-refractivity contribution in [3.8, 4) is 39.6 Å². The molecular weight excluding hydrogens is 502 g/mol. The number of fused-ring (bicyclic) bond motifs is 4.